The molecular formula is C15H9N3O3. The predicted molar refractivity (Wildman–Crippen MR) is 75.9 cm³/mol. The van der Waals surface area contributed by atoms with Crippen LogP contribution < -0.4 is 11.1 Å². The molecule has 0 aliphatic rings. The molecule has 0 saturated carbocycles. The minimum Gasteiger partial charge on any atom is -0.408 e. The molecule has 2 N–H and O–H groups in total. The van der Waals surface area contributed by atoms with Crippen molar-refractivity contribution in [2.24, 2.45) is 0 Å². The minimum atomic E-state index is -0.541. The van der Waals surface area contributed by atoms with E-state index in [-0.39, 0.29) is 5.91 Å². The van der Waals surface area contributed by atoms with E-state index in [2.05, 4.69) is 10.3 Å². The fourth-order valence-electron chi connectivity index (χ4n) is 1.93. The molecule has 1 heterocycles. The Labute approximate surface area is 118 Å². The number of oxazole rings is 1. The summed E-state index contributed by atoms with van der Waals surface area (Å²) in [6, 6.07) is 13.1. The Hall–Kier alpha value is -3.33. The summed E-state index contributed by atoms with van der Waals surface area (Å²) in [5.74, 6) is -0.842. The van der Waals surface area contributed by atoms with Gasteiger partial charge in [-0.1, -0.05) is 0 Å². The van der Waals surface area contributed by atoms with Gasteiger partial charge in [-0.25, -0.2) is 4.79 Å². The van der Waals surface area contributed by atoms with Crippen LogP contribution in [0.1, 0.15) is 15.9 Å². The molecule has 3 rings (SSSR count). The van der Waals surface area contributed by atoms with E-state index in [4.69, 9.17) is 9.68 Å². The van der Waals surface area contributed by atoms with Gasteiger partial charge in [0.05, 0.1) is 17.1 Å². The van der Waals surface area contributed by atoms with Crippen molar-refractivity contribution in [3.63, 3.8) is 0 Å². The maximum absolute atomic E-state index is 12.1. The predicted octanol–water partition coefficient (Wildman–Crippen LogP) is 2.25. The highest BCUT2D eigenvalue weighted by molar-refractivity contribution is 6.04. The Morgan fingerprint density at radius 1 is 1.19 bits per heavy atom. The van der Waals surface area contributed by atoms with Crippen LogP contribution in [-0.4, -0.2) is 10.9 Å². The van der Waals surface area contributed by atoms with Crippen molar-refractivity contribution >= 4 is 22.7 Å². The molecule has 6 nitrogen and oxygen atoms in total. The lowest BCUT2D eigenvalue weighted by Gasteiger charge is -2.05. The number of carbonyl (C=O) groups is 1. The lowest BCUT2D eigenvalue weighted by atomic mass is 10.1. The van der Waals surface area contributed by atoms with E-state index in [0.29, 0.717) is 27.9 Å². The van der Waals surface area contributed by atoms with Gasteiger partial charge < -0.3 is 9.73 Å². The molecule has 0 unspecified atom stereocenters. The third-order valence-corrected chi connectivity index (χ3v) is 2.95. The number of nitrogens with zero attached hydrogens (tertiary/aromatic N) is 1. The average Bonchev–Trinajstić information content (AvgIpc) is 2.86. The van der Waals surface area contributed by atoms with E-state index < -0.39 is 5.76 Å². The van der Waals surface area contributed by atoms with Crippen LogP contribution >= 0.6 is 0 Å². The van der Waals surface area contributed by atoms with Gasteiger partial charge in [0.1, 0.15) is 0 Å². The van der Waals surface area contributed by atoms with Gasteiger partial charge in [0.25, 0.3) is 5.91 Å². The van der Waals surface area contributed by atoms with Crippen LogP contribution in [0, 0.1) is 11.3 Å². The molecule has 0 fully saturated rings. The molecule has 0 spiro atoms. The maximum atomic E-state index is 12.1. The molecule has 3 aromatic rings. The van der Waals surface area contributed by atoms with Crippen molar-refractivity contribution in [2.75, 3.05) is 5.32 Å². The van der Waals surface area contributed by atoms with Crippen molar-refractivity contribution in [3.8, 4) is 6.07 Å². The standard InChI is InChI=1S/C15H9N3O3/c16-8-9-1-3-10(4-2-9)14(19)17-11-5-6-13-12(7-11)18-15(20)21-13/h1-7H,(H,17,19)(H,18,20). The molecule has 21 heavy (non-hydrogen) atoms. The summed E-state index contributed by atoms with van der Waals surface area (Å²) in [5.41, 5.74) is 2.40. The smallest absolute Gasteiger partial charge is 0.408 e. The van der Waals surface area contributed by atoms with Crippen LogP contribution in [0.4, 0.5) is 5.69 Å². The van der Waals surface area contributed by atoms with Crippen LogP contribution in [0.3, 0.4) is 0 Å². The number of H-pyrrole nitrogens is 1. The topological polar surface area (TPSA) is 98.9 Å². The van der Waals surface area contributed by atoms with Gasteiger partial charge in [-0.3, -0.25) is 9.78 Å². The molecule has 1 amide bonds. The maximum Gasteiger partial charge on any atom is 0.417 e. The molecular weight excluding hydrogens is 270 g/mol. The summed E-state index contributed by atoms with van der Waals surface area (Å²) in [7, 11) is 0. The van der Waals surface area contributed by atoms with Gasteiger partial charge in [-0.05, 0) is 42.5 Å². The molecule has 0 aliphatic heterocycles. The van der Waals surface area contributed by atoms with E-state index in [1.54, 1.807) is 42.5 Å². The number of rotatable bonds is 2. The van der Waals surface area contributed by atoms with Crippen LogP contribution in [0.2, 0.25) is 0 Å². The number of nitriles is 1. The quantitative estimate of drug-likeness (QED) is 0.751. The first kappa shape index (κ1) is 12.7. The second-order valence-corrected chi connectivity index (χ2v) is 4.37. The zero-order chi connectivity index (χ0) is 14.8. The fraction of sp³-hybridized carbons (Fsp3) is 0. The Morgan fingerprint density at radius 2 is 1.95 bits per heavy atom. The number of amides is 1. The van der Waals surface area contributed by atoms with Gasteiger partial charge in [0.15, 0.2) is 5.58 Å². The fourth-order valence-corrected chi connectivity index (χ4v) is 1.93. The zero-order valence-electron chi connectivity index (χ0n) is 10.7. The Morgan fingerprint density at radius 3 is 2.67 bits per heavy atom. The molecule has 0 radical (unpaired) electrons. The van der Waals surface area contributed by atoms with Crippen LogP contribution in [0.25, 0.3) is 11.1 Å². The second-order valence-electron chi connectivity index (χ2n) is 4.37. The number of anilines is 1. The van der Waals surface area contributed by atoms with Gasteiger partial charge in [0.2, 0.25) is 0 Å². The number of aromatic amines is 1. The van der Waals surface area contributed by atoms with E-state index in [0.717, 1.165) is 0 Å². The number of hydrogen-bond acceptors (Lipinski definition) is 4. The van der Waals surface area contributed by atoms with Crippen molar-refractivity contribution in [2.45, 2.75) is 0 Å². The molecule has 6 heteroatoms. The lowest BCUT2D eigenvalue weighted by Crippen LogP contribution is -2.11. The first-order chi connectivity index (χ1) is 10.2. The third-order valence-electron chi connectivity index (χ3n) is 2.95. The molecule has 0 saturated heterocycles. The summed E-state index contributed by atoms with van der Waals surface area (Å²) in [4.78, 5) is 25.7. The summed E-state index contributed by atoms with van der Waals surface area (Å²) in [6.07, 6.45) is 0. The third kappa shape index (κ3) is 2.53. The normalized spacial score (nSPS) is 10.2. The molecule has 102 valence electrons. The highest BCUT2D eigenvalue weighted by Gasteiger charge is 2.08. The highest BCUT2D eigenvalue weighted by Crippen LogP contribution is 2.17. The Kier molecular flexibility index (Phi) is 3.01. The van der Waals surface area contributed by atoms with Gasteiger partial charge in [-0.2, -0.15) is 5.26 Å². The second kappa shape index (κ2) is 4.98. The van der Waals surface area contributed by atoms with Gasteiger partial charge in [-0.15, -0.1) is 0 Å². The SMILES string of the molecule is N#Cc1ccc(C(=O)Nc2ccc3oc(=O)[nH]c3c2)cc1. The van der Waals surface area contributed by atoms with Crippen LogP contribution in [0.5, 0.6) is 0 Å². The lowest BCUT2D eigenvalue weighted by molar-refractivity contribution is 0.102. The van der Waals surface area contributed by atoms with Crippen LogP contribution in [0.15, 0.2) is 51.7 Å². The molecule has 1 aromatic heterocycles. The Bertz CT molecular complexity index is 914. The molecule has 0 aliphatic carbocycles. The number of aromatic nitrogens is 1. The summed E-state index contributed by atoms with van der Waals surface area (Å²) >= 11 is 0. The van der Waals surface area contributed by atoms with E-state index >= 15 is 0 Å². The molecule has 0 bridgehead atoms. The summed E-state index contributed by atoms with van der Waals surface area (Å²) in [5, 5.41) is 11.4. The number of nitrogens with one attached hydrogen (secondary N) is 2. The Balaban J connectivity index is 1.84. The number of hydrogen-bond donors (Lipinski definition) is 2. The average molecular weight is 279 g/mol. The molecule has 2 aromatic carbocycles. The first-order valence-corrected chi connectivity index (χ1v) is 6.10. The van der Waals surface area contributed by atoms with Crippen molar-refractivity contribution in [1.82, 2.24) is 4.98 Å². The molecule has 0 atom stereocenters. The monoisotopic (exact) mass is 279 g/mol. The van der Waals surface area contributed by atoms with Gasteiger partial charge in [0, 0.05) is 11.3 Å². The van der Waals surface area contributed by atoms with E-state index in [9.17, 15) is 9.59 Å². The van der Waals surface area contributed by atoms with E-state index in [1.165, 1.54) is 0 Å². The largest absolute Gasteiger partial charge is 0.417 e. The first-order valence-electron chi connectivity index (χ1n) is 6.10. The van der Waals surface area contributed by atoms with Crippen molar-refractivity contribution in [3.05, 3.63) is 64.1 Å². The van der Waals surface area contributed by atoms with Crippen molar-refractivity contribution in [1.29, 1.82) is 5.26 Å². The van der Waals surface area contributed by atoms with Gasteiger partial charge >= 0.3 is 5.76 Å². The number of carbonyl (C=O) groups excluding carboxylic acids is 1. The minimum absolute atomic E-state index is 0.301. The highest BCUT2D eigenvalue weighted by atomic mass is 16.4. The number of benzene rings is 2. The zero-order valence-corrected chi connectivity index (χ0v) is 10.7. The van der Waals surface area contributed by atoms with Crippen molar-refractivity contribution < 1.29 is 9.21 Å². The van der Waals surface area contributed by atoms with E-state index in [1.807, 2.05) is 6.07 Å². The summed E-state index contributed by atoms with van der Waals surface area (Å²) in [6.45, 7) is 0. The summed E-state index contributed by atoms with van der Waals surface area (Å²) < 4.78 is 4.88. The number of fused-ring (bicyclic) bond motifs is 1. The van der Waals surface area contributed by atoms with Crippen LogP contribution in [-0.2, 0) is 0 Å².